The topological polar surface area (TPSA) is 72.4 Å². The Bertz CT molecular complexity index is 690. The van der Waals surface area contributed by atoms with Gasteiger partial charge in [-0.2, -0.15) is 0 Å². The number of halogens is 3. The molecule has 2 N–H and O–H groups in total. The number of hydrogen-bond acceptors (Lipinski definition) is 4. The zero-order valence-corrected chi connectivity index (χ0v) is 18.2. The van der Waals surface area contributed by atoms with Crippen molar-refractivity contribution < 1.29 is 9.21 Å². The van der Waals surface area contributed by atoms with E-state index in [1.165, 1.54) is 0 Å². The first-order chi connectivity index (χ1) is 11.9. The summed E-state index contributed by atoms with van der Waals surface area (Å²) in [6, 6.07) is 7.48. The molecule has 1 aromatic heterocycles. The number of aryl methyl sites for hydroxylation is 1. The normalized spacial score (nSPS) is 11.5. The average molecular weight is 437 g/mol. The summed E-state index contributed by atoms with van der Waals surface area (Å²) < 4.78 is 5.72. The number of amides is 1. The molecule has 1 amide bonds. The molecule has 1 aromatic carbocycles. The minimum absolute atomic E-state index is 0. The van der Waals surface area contributed by atoms with E-state index in [-0.39, 0.29) is 36.8 Å². The van der Waals surface area contributed by atoms with Gasteiger partial charge in [-0.15, -0.1) is 24.8 Å². The first-order valence-electron chi connectivity index (χ1n) is 8.57. The van der Waals surface area contributed by atoms with Crippen LogP contribution < -0.4 is 5.73 Å². The summed E-state index contributed by atoms with van der Waals surface area (Å²) >= 11 is 5.88. The van der Waals surface area contributed by atoms with Crippen molar-refractivity contribution in [2.75, 3.05) is 13.6 Å². The lowest BCUT2D eigenvalue weighted by Crippen LogP contribution is -2.34. The predicted octanol–water partition coefficient (Wildman–Crippen LogP) is 4.60. The highest BCUT2D eigenvalue weighted by Crippen LogP contribution is 2.22. The van der Waals surface area contributed by atoms with Crippen molar-refractivity contribution >= 4 is 42.3 Å². The van der Waals surface area contributed by atoms with Gasteiger partial charge >= 0.3 is 0 Å². The van der Waals surface area contributed by atoms with Crippen molar-refractivity contribution in [3.05, 3.63) is 41.4 Å². The van der Waals surface area contributed by atoms with Crippen LogP contribution in [0.5, 0.6) is 0 Å². The Morgan fingerprint density at radius 3 is 2.48 bits per heavy atom. The fraction of sp³-hybridized carbons (Fsp3) is 0.474. The second-order valence-electron chi connectivity index (χ2n) is 6.64. The number of nitrogens with zero attached hydrogens (tertiary/aromatic N) is 2. The van der Waals surface area contributed by atoms with Gasteiger partial charge in [0.25, 0.3) is 0 Å². The molecule has 0 saturated carbocycles. The summed E-state index contributed by atoms with van der Waals surface area (Å²) in [7, 11) is 1.81. The van der Waals surface area contributed by atoms with Crippen molar-refractivity contribution in [2.45, 2.75) is 39.2 Å². The zero-order valence-electron chi connectivity index (χ0n) is 15.9. The van der Waals surface area contributed by atoms with Crippen LogP contribution in [0.2, 0.25) is 5.02 Å². The van der Waals surface area contributed by atoms with Gasteiger partial charge in [0.15, 0.2) is 11.7 Å². The predicted molar refractivity (Wildman–Crippen MR) is 115 cm³/mol. The Labute approximate surface area is 178 Å². The summed E-state index contributed by atoms with van der Waals surface area (Å²) in [4.78, 5) is 18.2. The van der Waals surface area contributed by atoms with Crippen LogP contribution in [0.4, 0.5) is 0 Å². The molecule has 1 atom stereocenters. The number of aromatic nitrogens is 1. The van der Waals surface area contributed by atoms with Crippen molar-refractivity contribution in [3.63, 3.8) is 0 Å². The molecule has 8 heteroatoms. The van der Waals surface area contributed by atoms with Gasteiger partial charge in [0.1, 0.15) is 0 Å². The van der Waals surface area contributed by atoms with Gasteiger partial charge in [-0.05, 0) is 36.6 Å². The van der Waals surface area contributed by atoms with Gasteiger partial charge in [0, 0.05) is 43.1 Å². The van der Waals surface area contributed by atoms with E-state index < -0.39 is 0 Å². The van der Waals surface area contributed by atoms with Crippen LogP contribution in [0, 0.1) is 5.92 Å². The molecule has 27 heavy (non-hydrogen) atoms. The fourth-order valence-electron chi connectivity index (χ4n) is 2.38. The van der Waals surface area contributed by atoms with Gasteiger partial charge in [-0.3, -0.25) is 4.79 Å². The van der Waals surface area contributed by atoms with Gasteiger partial charge in [0.05, 0.1) is 6.20 Å². The highest BCUT2D eigenvalue weighted by Gasteiger charge is 2.14. The zero-order chi connectivity index (χ0) is 18.4. The van der Waals surface area contributed by atoms with E-state index in [4.69, 9.17) is 21.8 Å². The number of oxazole rings is 1. The molecule has 0 fully saturated rings. The lowest BCUT2D eigenvalue weighted by Gasteiger charge is -2.21. The third-order valence-corrected chi connectivity index (χ3v) is 4.57. The molecule has 0 bridgehead atoms. The minimum Gasteiger partial charge on any atom is -0.441 e. The van der Waals surface area contributed by atoms with Crippen LogP contribution in [0.15, 0.2) is 34.9 Å². The molecular weight excluding hydrogens is 409 g/mol. The lowest BCUT2D eigenvalue weighted by atomic mass is 10.0. The molecule has 0 aliphatic heterocycles. The molecule has 2 aromatic rings. The van der Waals surface area contributed by atoms with Gasteiger partial charge in [-0.1, -0.05) is 25.4 Å². The number of carbonyl (C=O) groups excluding carboxylic acids is 1. The lowest BCUT2D eigenvalue weighted by molar-refractivity contribution is -0.130. The van der Waals surface area contributed by atoms with E-state index in [1.807, 2.05) is 19.2 Å². The van der Waals surface area contributed by atoms with Crippen LogP contribution >= 0.6 is 36.4 Å². The van der Waals surface area contributed by atoms with E-state index >= 15 is 0 Å². The SMILES string of the molecule is CC(C)C(N)CCN(C)C(=O)CCc1ncc(-c2ccc(Cl)cc2)o1.Cl.Cl. The van der Waals surface area contributed by atoms with E-state index in [2.05, 4.69) is 18.8 Å². The van der Waals surface area contributed by atoms with Gasteiger partial charge in [-0.25, -0.2) is 4.98 Å². The minimum atomic E-state index is 0. The summed E-state index contributed by atoms with van der Waals surface area (Å²) in [5, 5.41) is 0.675. The second-order valence-corrected chi connectivity index (χ2v) is 7.07. The fourth-order valence-corrected chi connectivity index (χ4v) is 2.50. The smallest absolute Gasteiger partial charge is 0.222 e. The molecule has 2 rings (SSSR count). The van der Waals surface area contributed by atoms with E-state index in [1.54, 1.807) is 23.2 Å². The molecule has 0 aliphatic carbocycles. The highest BCUT2D eigenvalue weighted by molar-refractivity contribution is 6.30. The summed E-state index contributed by atoms with van der Waals surface area (Å²) in [6.45, 7) is 4.85. The van der Waals surface area contributed by atoms with Crippen LogP contribution in [0.3, 0.4) is 0 Å². The Morgan fingerprint density at radius 1 is 1.26 bits per heavy atom. The number of nitrogens with two attached hydrogens (primary N) is 1. The van der Waals surface area contributed by atoms with E-state index in [0.29, 0.717) is 42.0 Å². The van der Waals surface area contributed by atoms with Crippen molar-refractivity contribution in [1.29, 1.82) is 0 Å². The number of carbonyl (C=O) groups is 1. The number of rotatable bonds is 8. The van der Waals surface area contributed by atoms with Crippen LogP contribution in [0.1, 0.15) is 32.6 Å². The van der Waals surface area contributed by atoms with E-state index in [0.717, 1.165) is 12.0 Å². The summed E-state index contributed by atoms with van der Waals surface area (Å²) in [5.74, 6) is 1.73. The van der Waals surface area contributed by atoms with Crippen LogP contribution in [0.25, 0.3) is 11.3 Å². The third-order valence-electron chi connectivity index (χ3n) is 4.31. The first kappa shape index (κ1) is 25.7. The molecule has 1 unspecified atom stereocenters. The molecule has 1 heterocycles. The monoisotopic (exact) mass is 435 g/mol. The molecular formula is C19H28Cl3N3O2. The maximum absolute atomic E-state index is 12.2. The molecule has 0 spiro atoms. The van der Waals surface area contributed by atoms with E-state index in [9.17, 15) is 4.79 Å². The molecule has 0 radical (unpaired) electrons. The quantitative estimate of drug-likeness (QED) is 0.656. The Hall–Kier alpha value is -1.27. The van der Waals surface area contributed by atoms with Crippen LogP contribution in [-0.4, -0.2) is 35.4 Å². The number of benzene rings is 1. The standard InChI is InChI=1S/C19H26ClN3O2.2ClH/c1-13(2)16(21)10-11-23(3)19(24)9-8-18-22-12-17(25-18)14-4-6-15(20)7-5-14;;/h4-7,12-13,16H,8-11,21H2,1-3H3;2*1H. The van der Waals surface area contributed by atoms with Gasteiger partial charge < -0.3 is 15.1 Å². The van der Waals surface area contributed by atoms with Crippen molar-refractivity contribution in [2.24, 2.45) is 11.7 Å². The largest absolute Gasteiger partial charge is 0.441 e. The second kappa shape index (κ2) is 12.2. The van der Waals surface area contributed by atoms with Crippen LogP contribution in [-0.2, 0) is 11.2 Å². The maximum atomic E-state index is 12.2. The average Bonchev–Trinajstić information content (AvgIpc) is 3.06. The van der Waals surface area contributed by atoms with Crippen molar-refractivity contribution in [1.82, 2.24) is 9.88 Å². The molecule has 0 aliphatic rings. The first-order valence-corrected chi connectivity index (χ1v) is 8.94. The maximum Gasteiger partial charge on any atom is 0.222 e. The van der Waals surface area contributed by atoms with Crippen molar-refractivity contribution in [3.8, 4) is 11.3 Å². The Kier molecular flexibility index (Phi) is 11.7. The summed E-state index contributed by atoms with van der Waals surface area (Å²) in [5.41, 5.74) is 6.94. The number of hydrogen-bond donors (Lipinski definition) is 1. The molecule has 152 valence electrons. The van der Waals surface area contributed by atoms with Gasteiger partial charge in [0.2, 0.25) is 5.91 Å². The molecule has 0 saturated heterocycles. The Balaban J connectivity index is 0.00000338. The third kappa shape index (κ3) is 8.09. The summed E-state index contributed by atoms with van der Waals surface area (Å²) in [6.07, 6.45) is 3.33. The Morgan fingerprint density at radius 2 is 1.89 bits per heavy atom. The highest BCUT2D eigenvalue weighted by atomic mass is 35.5. The molecule has 5 nitrogen and oxygen atoms in total.